The largest absolute Gasteiger partial charge is 0.348 e. The number of nitrogens with one attached hydrogen (secondary N) is 2. The van der Waals surface area contributed by atoms with Crippen LogP contribution in [0.4, 0.5) is 0 Å². The molecule has 26 heavy (non-hydrogen) atoms. The van der Waals surface area contributed by atoms with Gasteiger partial charge < -0.3 is 5.32 Å². The first kappa shape index (κ1) is 17.7. The molecule has 1 aromatic carbocycles. The number of H-pyrrole nitrogens is 1. The summed E-state index contributed by atoms with van der Waals surface area (Å²) >= 11 is 5.47. The number of aromatic nitrogens is 2. The van der Waals surface area contributed by atoms with Crippen molar-refractivity contribution in [1.29, 1.82) is 0 Å². The molecule has 0 unspecified atom stereocenters. The van der Waals surface area contributed by atoms with Crippen molar-refractivity contribution in [3.05, 3.63) is 50.6 Å². The molecule has 2 N–H and O–H groups in total. The van der Waals surface area contributed by atoms with Crippen LogP contribution in [0.25, 0.3) is 10.1 Å². The Labute approximate surface area is 164 Å². The number of thiophene rings is 1. The summed E-state index contributed by atoms with van der Waals surface area (Å²) in [4.78, 5) is 16.0. The van der Waals surface area contributed by atoms with Gasteiger partial charge in [0.1, 0.15) is 0 Å². The Morgan fingerprint density at radius 2 is 2.31 bits per heavy atom. The van der Waals surface area contributed by atoms with Crippen molar-refractivity contribution in [2.75, 3.05) is 6.54 Å². The fourth-order valence-electron chi connectivity index (χ4n) is 3.40. The van der Waals surface area contributed by atoms with Crippen LogP contribution >= 0.6 is 27.3 Å². The molecule has 1 aliphatic rings. The van der Waals surface area contributed by atoms with Crippen molar-refractivity contribution in [2.45, 2.75) is 39.4 Å². The van der Waals surface area contributed by atoms with Gasteiger partial charge >= 0.3 is 0 Å². The number of nitrogens with zero attached hydrogens (tertiary/aromatic N) is 2. The van der Waals surface area contributed by atoms with E-state index in [9.17, 15) is 4.79 Å². The lowest BCUT2D eigenvalue weighted by molar-refractivity contribution is 0.0936. The van der Waals surface area contributed by atoms with Crippen molar-refractivity contribution in [2.24, 2.45) is 0 Å². The van der Waals surface area contributed by atoms with Gasteiger partial charge in [0.25, 0.3) is 5.91 Å². The number of amides is 1. The van der Waals surface area contributed by atoms with Crippen molar-refractivity contribution < 1.29 is 4.79 Å². The SMILES string of the molecule is CC(C)NC(=O)c1n[nH]c2c1CCN(Cc1cc3c(Br)cccc3s1)C2. The van der Waals surface area contributed by atoms with Crippen LogP contribution in [0.3, 0.4) is 0 Å². The lowest BCUT2D eigenvalue weighted by atomic mass is 10.0. The minimum atomic E-state index is -0.0830. The number of benzene rings is 1. The molecule has 0 fully saturated rings. The number of aromatic amines is 1. The summed E-state index contributed by atoms with van der Waals surface area (Å²) in [6.45, 7) is 6.57. The van der Waals surface area contributed by atoms with E-state index < -0.39 is 0 Å². The highest BCUT2D eigenvalue weighted by molar-refractivity contribution is 9.10. The predicted molar refractivity (Wildman–Crippen MR) is 109 cm³/mol. The summed E-state index contributed by atoms with van der Waals surface area (Å²) in [5.41, 5.74) is 2.69. The van der Waals surface area contributed by atoms with E-state index in [0.29, 0.717) is 5.69 Å². The first-order valence-electron chi connectivity index (χ1n) is 8.77. The number of rotatable bonds is 4. The molecule has 0 radical (unpaired) electrons. The van der Waals surface area contributed by atoms with Gasteiger partial charge in [-0.1, -0.05) is 22.0 Å². The molecule has 1 aliphatic heterocycles. The first-order valence-corrected chi connectivity index (χ1v) is 10.4. The van der Waals surface area contributed by atoms with E-state index in [0.717, 1.165) is 41.8 Å². The molecule has 5 nitrogen and oxygen atoms in total. The van der Waals surface area contributed by atoms with Crippen molar-refractivity contribution in [3.63, 3.8) is 0 Å². The second-order valence-electron chi connectivity index (χ2n) is 6.98. The van der Waals surface area contributed by atoms with Crippen LogP contribution in [0.2, 0.25) is 0 Å². The molecule has 0 atom stereocenters. The summed E-state index contributed by atoms with van der Waals surface area (Å²) in [6, 6.07) is 8.71. The molecule has 0 spiro atoms. The smallest absolute Gasteiger partial charge is 0.272 e. The van der Waals surface area contributed by atoms with Gasteiger partial charge in [0.15, 0.2) is 5.69 Å². The first-order chi connectivity index (χ1) is 12.5. The molecule has 7 heteroatoms. The number of halogens is 1. The maximum Gasteiger partial charge on any atom is 0.272 e. The standard InChI is InChI=1S/C19H21BrN4OS/c1-11(2)21-19(25)18-13-6-7-24(10-16(13)22-23-18)9-12-8-14-15(20)4-3-5-17(14)26-12/h3-5,8,11H,6-7,9-10H2,1-2H3,(H,21,25)(H,22,23). The molecule has 1 amide bonds. The summed E-state index contributed by atoms with van der Waals surface area (Å²) in [7, 11) is 0. The Kier molecular flexibility index (Phi) is 4.86. The molecular formula is C19H21BrN4OS. The van der Waals surface area contributed by atoms with E-state index in [-0.39, 0.29) is 11.9 Å². The monoisotopic (exact) mass is 432 g/mol. The highest BCUT2D eigenvalue weighted by atomic mass is 79.9. The Balaban J connectivity index is 1.49. The Morgan fingerprint density at radius 1 is 1.46 bits per heavy atom. The highest BCUT2D eigenvalue weighted by Crippen LogP contribution is 2.32. The van der Waals surface area contributed by atoms with Crippen LogP contribution in [0.15, 0.2) is 28.7 Å². The van der Waals surface area contributed by atoms with E-state index in [1.165, 1.54) is 15.0 Å². The van der Waals surface area contributed by atoms with E-state index in [1.54, 1.807) is 0 Å². The van der Waals surface area contributed by atoms with Gasteiger partial charge in [0.05, 0.1) is 5.69 Å². The van der Waals surface area contributed by atoms with Gasteiger partial charge in [0, 0.05) is 50.7 Å². The molecule has 0 saturated carbocycles. The van der Waals surface area contributed by atoms with Crippen LogP contribution < -0.4 is 5.32 Å². The third kappa shape index (κ3) is 3.43. The molecule has 0 saturated heterocycles. The number of hydrogen-bond acceptors (Lipinski definition) is 4. The van der Waals surface area contributed by atoms with Crippen molar-refractivity contribution >= 4 is 43.3 Å². The second-order valence-corrected chi connectivity index (χ2v) is 9.01. The van der Waals surface area contributed by atoms with Crippen LogP contribution in [0.1, 0.15) is 40.5 Å². The van der Waals surface area contributed by atoms with Gasteiger partial charge in [-0.15, -0.1) is 11.3 Å². The highest BCUT2D eigenvalue weighted by Gasteiger charge is 2.25. The van der Waals surface area contributed by atoms with E-state index >= 15 is 0 Å². The molecule has 2 aromatic heterocycles. The Morgan fingerprint density at radius 3 is 3.08 bits per heavy atom. The number of fused-ring (bicyclic) bond motifs is 2. The summed E-state index contributed by atoms with van der Waals surface area (Å²) in [5, 5.41) is 11.6. The lowest BCUT2D eigenvalue weighted by Gasteiger charge is -2.26. The zero-order valence-corrected chi connectivity index (χ0v) is 17.2. The van der Waals surface area contributed by atoms with Gasteiger partial charge in [-0.2, -0.15) is 5.10 Å². The van der Waals surface area contributed by atoms with Gasteiger partial charge in [-0.3, -0.25) is 14.8 Å². The van der Waals surface area contributed by atoms with E-state index in [2.05, 4.69) is 60.6 Å². The molecule has 4 rings (SSSR count). The quantitative estimate of drug-likeness (QED) is 0.652. The average Bonchev–Trinajstić information content (AvgIpc) is 3.18. The fourth-order valence-corrected chi connectivity index (χ4v) is 5.15. The lowest BCUT2D eigenvalue weighted by Crippen LogP contribution is -2.33. The van der Waals surface area contributed by atoms with E-state index in [4.69, 9.17) is 0 Å². The molecule has 0 aliphatic carbocycles. The maximum absolute atomic E-state index is 12.3. The third-order valence-electron chi connectivity index (χ3n) is 4.59. The van der Waals surface area contributed by atoms with Crippen LogP contribution in [0, 0.1) is 0 Å². The molecule has 136 valence electrons. The average molecular weight is 433 g/mol. The zero-order chi connectivity index (χ0) is 18.3. The number of hydrogen-bond donors (Lipinski definition) is 2. The third-order valence-corrected chi connectivity index (χ3v) is 6.36. The summed E-state index contributed by atoms with van der Waals surface area (Å²) in [5.74, 6) is -0.0830. The maximum atomic E-state index is 12.3. The van der Waals surface area contributed by atoms with Gasteiger partial charge in [-0.25, -0.2) is 0 Å². The molecule has 0 bridgehead atoms. The van der Waals surface area contributed by atoms with Crippen LogP contribution in [-0.2, 0) is 19.5 Å². The predicted octanol–water partition coefficient (Wildman–Crippen LogP) is 4.08. The molecular weight excluding hydrogens is 412 g/mol. The zero-order valence-electron chi connectivity index (χ0n) is 14.8. The second kappa shape index (κ2) is 7.13. The molecule has 3 aromatic rings. The summed E-state index contributed by atoms with van der Waals surface area (Å²) in [6.07, 6.45) is 0.848. The Bertz CT molecular complexity index is 962. The van der Waals surface area contributed by atoms with Crippen LogP contribution in [-0.4, -0.2) is 33.6 Å². The minimum Gasteiger partial charge on any atom is -0.348 e. The summed E-state index contributed by atoms with van der Waals surface area (Å²) < 4.78 is 2.45. The van der Waals surface area contributed by atoms with Crippen molar-refractivity contribution in [1.82, 2.24) is 20.4 Å². The van der Waals surface area contributed by atoms with Gasteiger partial charge in [0.2, 0.25) is 0 Å². The Hall–Kier alpha value is -1.70. The molecule has 3 heterocycles. The van der Waals surface area contributed by atoms with Gasteiger partial charge in [-0.05, 0) is 38.5 Å². The minimum absolute atomic E-state index is 0.0830. The normalized spacial score (nSPS) is 14.8. The van der Waals surface area contributed by atoms with E-state index in [1.807, 2.05) is 25.2 Å². The van der Waals surface area contributed by atoms with Crippen LogP contribution in [0.5, 0.6) is 0 Å². The number of carbonyl (C=O) groups is 1. The number of carbonyl (C=O) groups excluding carboxylic acids is 1. The van der Waals surface area contributed by atoms with Crippen molar-refractivity contribution in [3.8, 4) is 0 Å². The topological polar surface area (TPSA) is 61.0 Å². The fraction of sp³-hybridized carbons (Fsp3) is 0.368.